The number of rotatable bonds is 4. The molecular weight excluding hydrogens is 316 g/mol. The average Bonchev–Trinajstić information content (AvgIpc) is 3.05. The first-order valence-electron chi connectivity index (χ1n) is 10.1. The molecule has 0 aromatic heterocycles. The lowest BCUT2D eigenvalue weighted by atomic mass is 9.87. The van der Waals surface area contributed by atoms with Crippen LogP contribution in [0.25, 0.3) is 0 Å². The summed E-state index contributed by atoms with van der Waals surface area (Å²) in [6.07, 6.45) is 8.38. The van der Waals surface area contributed by atoms with Crippen molar-refractivity contribution in [3.8, 4) is 0 Å². The molecule has 25 heavy (non-hydrogen) atoms. The fourth-order valence-electron chi connectivity index (χ4n) is 4.52. The monoisotopic (exact) mass is 350 g/mol. The van der Waals surface area contributed by atoms with Crippen molar-refractivity contribution in [1.29, 1.82) is 0 Å². The third-order valence-electron chi connectivity index (χ3n) is 6.33. The zero-order valence-electron chi connectivity index (χ0n) is 15.6. The summed E-state index contributed by atoms with van der Waals surface area (Å²) in [4.78, 5) is 29.0. The Hall–Kier alpha value is -1.14. The summed E-state index contributed by atoms with van der Waals surface area (Å²) >= 11 is 0. The first kappa shape index (κ1) is 18.6. The minimum Gasteiger partial charge on any atom is -0.352 e. The standard InChI is InChI=1S/C19H34N4O2/c1-15-4-6-16(7-5-15)21-17(24)14-22-10-12-23(13-11-22)18(25)19(20)8-2-3-9-19/h15-16H,2-14,20H2,1H3,(H,21,24). The quantitative estimate of drug-likeness (QED) is 0.796. The van der Waals surface area contributed by atoms with Crippen molar-refractivity contribution in [2.45, 2.75) is 69.9 Å². The van der Waals surface area contributed by atoms with Crippen LogP contribution < -0.4 is 11.1 Å². The summed E-state index contributed by atoms with van der Waals surface area (Å²) in [5, 5.41) is 3.19. The van der Waals surface area contributed by atoms with Gasteiger partial charge in [0.25, 0.3) is 0 Å². The van der Waals surface area contributed by atoms with Crippen LogP contribution in [0.4, 0.5) is 0 Å². The van der Waals surface area contributed by atoms with Crippen molar-refractivity contribution < 1.29 is 9.59 Å². The normalized spacial score (nSPS) is 30.2. The van der Waals surface area contributed by atoms with Gasteiger partial charge in [-0.3, -0.25) is 14.5 Å². The Labute approximate surface area is 151 Å². The largest absolute Gasteiger partial charge is 0.352 e. The van der Waals surface area contributed by atoms with Gasteiger partial charge in [0.2, 0.25) is 11.8 Å². The molecule has 0 aromatic carbocycles. The van der Waals surface area contributed by atoms with Crippen LogP contribution in [-0.2, 0) is 9.59 Å². The summed E-state index contributed by atoms with van der Waals surface area (Å²) in [5.74, 6) is 1.04. The predicted octanol–water partition coefficient (Wildman–Crippen LogP) is 1.10. The van der Waals surface area contributed by atoms with Crippen LogP contribution in [0, 0.1) is 5.92 Å². The number of nitrogens with zero attached hydrogens (tertiary/aromatic N) is 2. The summed E-state index contributed by atoms with van der Waals surface area (Å²) in [6, 6.07) is 0.353. The van der Waals surface area contributed by atoms with Crippen LogP contribution in [0.3, 0.4) is 0 Å². The lowest BCUT2D eigenvalue weighted by molar-refractivity contribution is -0.138. The van der Waals surface area contributed by atoms with Gasteiger partial charge in [0.1, 0.15) is 0 Å². The second kappa shape index (κ2) is 8.04. The number of nitrogens with one attached hydrogen (secondary N) is 1. The topological polar surface area (TPSA) is 78.7 Å². The molecule has 1 heterocycles. The number of carbonyl (C=O) groups is 2. The van der Waals surface area contributed by atoms with Crippen molar-refractivity contribution >= 4 is 11.8 Å². The maximum absolute atomic E-state index is 12.6. The summed E-state index contributed by atoms with van der Waals surface area (Å²) < 4.78 is 0. The molecular formula is C19H34N4O2. The van der Waals surface area contributed by atoms with Crippen LogP contribution in [0.1, 0.15) is 58.3 Å². The van der Waals surface area contributed by atoms with Gasteiger partial charge in [-0.1, -0.05) is 19.8 Å². The van der Waals surface area contributed by atoms with Gasteiger partial charge in [-0.15, -0.1) is 0 Å². The van der Waals surface area contributed by atoms with Gasteiger partial charge in [0.15, 0.2) is 0 Å². The minimum atomic E-state index is -0.627. The summed E-state index contributed by atoms with van der Waals surface area (Å²) in [7, 11) is 0. The minimum absolute atomic E-state index is 0.116. The number of hydrogen-bond acceptors (Lipinski definition) is 4. The maximum Gasteiger partial charge on any atom is 0.242 e. The average molecular weight is 351 g/mol. The van der Waals surface area contributed by atoms with Crippen molar-refractivity contribution in [2.24, 2.45) is 11.7 Å². The van der Waals surface area contributed by atoms with Gasteiger partial charge >= 0.3 is 0 Å². The van der Waals surface area contributed by atoms with Crippen LogP contribution >= 0.6 is 0 Å². The highest BCUT2D eigenvalue weighted by Crippen LogP contribution is 2.29. The van der Waals surface area contributed by atoms with Gasteiger partial charge in [-0.2, -0.15) is 0 Å². The zero-order chi connectivity index (χ0) is 17.9. The number of amides is 2. The van der Waals surface area contributed by atoms with E-state index in [1.807, 2.05) is 4.90 Å². The molecule has 0 atom stereocenters. The van der Waals surface area contributed by atoms with Gasteiger partial charge in [0.05, 0.1) is 12.1 Å². The van der Waals surface area contributed by atoms with E-state index in [9.17, 15) is 9.59 Å². The molecule has 6 heteroatoms. The molecule has 0 unspecified atom stereocenters. The molecule has 142 valence electrons. The van der Waals surface area contributed by atoms with E-state index in [2.05, 4.69) is 17.1 Å². The van der Waals surface area contributed by atoms with Crippen LogP contribution in [0.5, 0.6) is 0 Å². The van der Waals surface area contributed by atoms with E-state index >= 15 is 0 Å². The summed E-state index contributed by atoms with van der Waals surface area (Å²) in [5.41, 5.74) is 5.67. The highest BCUT2D eigenvalue weighted by Gasteiger charge is 2.40. The molecule has 1 saturated heterocycles. The second-order valence-corrected chi connectivity index (χ2v) is 8.46. The van der Waals surface area contributed by atoms with E-state index in [-0.39, 0.29) is 11.8 Å². The molecule has 0 radical (unpaired) electrons. The van der Waals surface area contributed by atoms with E-state index in [4.69, 9.17) is 5.73 Å². The summed E-state index contributed by atoms with van der Waals surface area (Å²) in [6.45, 7) is 5.63. The molecule has 2 aliphatic carbocycles. The molecule has 0 bridgehead atoms. The Morgan fingerprint density at radius 3 is 2.24 bits per heavy atom. The van der Waals surface area contributed by atoms with Gasteiger partial charge in [-0.25, -0.2) is 0 Å². The Morgan fingerprint density at radius 1 is 1.04 bits per heavy atom. The number of carbonyl (C=O) groups excluding carboxylic acids is 2. The number of hydrogen-bond donors (Lipinski definition) is 2. The highest BCUT2D eigenvalue weighted by molar-refractivity contribution is 5.86. The van der Waals surface area contributed by atoms with Gasteiger partial charge in [0, 0.05) is 32.2 Å². The Balaban J connectivity index is 1.39. The molecule has 3 fully saturated rings. The lowest BCUT2D eigenvalue weighted by Crippen LogP contribution is -2.59. The predicted molar refractivity (Wildman–Crippen MR) is 98.0 cm³/mol. The van der Waals surface area contributed by atoms with Crippen LogP contribution in [0.15, 0.2) is 0 Å². The van der Waals surface area contributed by atoms with E-state index in [0.717, 1.165) is 57.5 Å². The van der Waals surface area contributed by atoms with Gasteiger partial charge in [-0.05, 0) is 44.4 Å². The maximum atomic E-state index is 12.6. The van der Waals surface area contributed by atoms with E-state index in [1.165, 1.54) is 12.8 Å². The third-order valence-corrected chi connectivity index (χ3v) is 6.33. The highest BCUT2D eigenvalue weighted by atomic mass is 16.2. The van der Waals surface area contributed by atoms with Crippen molar-refractivity contribution in [3.63, 3.8) is 0 Å². The molecule has 6 nitrogen and oxygen atoms in total. The number of nitrogens with two attached hydrogens (primary N) is 1. The molecule has 0 spiro atoms. The molecule has 2 amide bonds. The van der Waals surface area contributed by atoms with Crippen LogP contribution in [0.2, 0.25) is 0 Å². The molecule has 1 aliphatic heterocycles. The van der Waals surface area contributed by atoms with Crippen molar-refractivity contribution in [3.05, 3.63) is 0 Å². The van der Waals surface area contributed by atoms with Crippen molar-refractivity contribution in [2.75, 3.05) is 32.7 Å². The SMILES string of the molecule is CC1CCC(NC(=O)CN2CCN(C(=O)C3(N)CCCC3)CC2)CC1. The van der Waals surface area contributed by atoms with E-state index < -0.39 is 5.54 Å². The molecule has 3 rings (SSSR count). The fourth-order valence-corrected chi connectivity index (χ4v) is 4.52. The lowest BCUT2D eigenvalue weighted by Gasteiger charge is -2.38. The Bertz CT molecular complexity index is 474. The molecule has 0 aromatic rings. The second-order valence-electron chi connectivity index (χ2n) is 8.46. The fraction of sp³-hybridized carbons (Fsp3) is 0.895. The molecule has 2 saturated carbocycles. The molecule has 3 aliphatic rings. The number of piperazine rings is 1. The first-order chi connectivity index (χ1) is 12.0. The van der Waals surface area contributed by atoms with E-state index in [0.29, 0.717) is 25.7 Å². The Kier molecular flexibility index (Phi) is 6.00. The third kappa shape index (κ3) is 4.73. The van der Waals surface area contributed by atoms with Crippen molar-refractivity contribution in [1.82, 2.24) is 15.1 Å². The van der Waals surface area contributed by atoms with Gasteiger partial charge < -0.3 is 16.0 Å². The molecule has 3 N–H and O–H groups in total. The Morgan fingerprint density at radius 2 is 1.64 bits per heavy atom. The van der Waals surface area contributed by atoms with Crippen LogP contribution in [-0.4, -0.2) is 65.9 Å². The van der Waals surface area contributed by atoms with E-state index in [1.54, 1.807) is 0 Å². The zero-order valence-corrected chi connectivity index (χ0v) is 15.6. The smallest absolute Gasteiger partial charge is 0.242 e. The first-order valence-corrected chi connectivity index (χ1v) is 10.1.